The lowest BCUT2D eigenvalue weighted by Gasteiger charge is -2.23. The van der Waals surface area contributed by atoms with Crippen LogP contribution in [-0.2, 0) is 4.79 Å². The summed E-state index contributed by atoms with van der Waals surface area (Å²) in [7, 11) is 0. The molecule has 2 heterocycles. The van der Waals surface area contributed by atoms with Crippen molar-refractivity contribution < 1.29 is 14.7 Å². The number of hydrogen-bond acceptors (Lipinski definition) is 4. The Balaban J connectivity index is 2.31. The molecule has 0 atom stereocenters. The molecule has 2 aromatic rings. The van der Waals surface area contributed by atoms with Crippen LogP contribution in [0.25, 0.3) is 5.65 Å². The van der Waals surface area contributed by atoms with Gasteiger partial charge in [0.15, 0.2) is 5.65 Å². The summed E-state index contributed by atoms with van der Waals surface area (Å²) in [5.41, 5.74) is 1.69. The van der Waals surface area contributed by atoms with Gasteiger partial charge in [-0.3, -0.25) is 9.59 Å². The largest absolute Gasteiger partial charge is 0.481 e. The number of aliphatic carboxylic acids is 1. The zero-order chi connectivity index (χ0) is 16.3. The summed E-state index contributed by atoms with van der Waals surface area (Å²) < 4.78 is 1.55. The summed E-state index contributed by atoms with van der Waals surface area (Å²) in [5.74, 6) is -0.910. The normalized spacial score (nSPS) is 11.1. The zero-order valence-electron chi connectivity index (χ0n) is 13.0. The second kappa shape index (κ2) is 6.55. The van der Waals surface area contributed by atoms with Crippen LogP contribution in [0.3, 0.4) is 0 Å². The number of aromatic nitrogens is 3. The smallest absolute Gasteiger partial charge is 0.305 e. The number of fused-ring (bicyclic) bond motifs is 1. The van der Waals surface area contributed by atoms with Crippen molar-refractivity contribution in [3.8, 4) is 0 Å². The molecule has 0 aromatic carbocycles. The van der Waals surface area contributed by atoms with Gasteiger partial charge < -0.3 is 10.0 Å². The van der Waals surface area contributed by atoms with Crippen molar-refractivity contribution in [2.24, 2.45) is 5.92 Å². The monoisotopic (exact) mass is 304 g/mol. The highest BCUT2D eigenvalue weighted by atomic mass is 16.4. The molecule has 2 rings (SSSR count). The van der Waals surface area contributed by atoms with Gasteiger partial charge in [0.25, 0.3) is 5.91 Å². The van der Waals surface area contributed by atoms with Crippen LogP contribution >= 0.6 is 0 Å². The number of carbonyl (C=O) groups excluding carboxylic acids is 1. The molecule has 0 aliphatic rings. The average molecular weight is 304 g/mol. The maximum Gasteiger partial charge on any atom is 0.305 e. The van der Waals surface area contributed by atoms with Crippen molar-refractivity contribution in [2.45, 2.75) is 27.2 Å². The standard InChI is InChI=1S/C15H20N4O3/c1-10(2)9-18(6-5-13(20)21)15(22)12-8-16-19-7-4-11(3)17-14(12)19/h4,7-8,10H,5-6,9H2,1-3H3,(H,20,21). The Kier molecular flexibility index (Phi) is 4.75. The predicted octanol–water partition coefficient (Wildman–Crippen LogP) is 1.61. The van der Waals surface area contributed by atoms with Crippen molar-refractivity contribution in [2.75, 3.05) is 13.1 Å². The van der Waals surface area contributed by atoms with Gasteiger partial charge >= 0.3 is 5.97 Å². The molecule has 7 nitrogen and oxygen atoms in total. The Morgan fingerprint density at radius 3 is 2.77 bits per heavy atom. The molecular formula is C15H20N4O3. The van der Waals surface area contributed by atoms with E-state index < -0.39 is 5.97 Å². The molecule has 0 aliphatic heterocycles. The molecule has 1 amide bonds. The first-order chi connectivity index (χ1) is 10.4. The number of rotatable bonds is 6. The third-order valence-corrected chi connectivity index (χ3v) is 3.21. The maximum absolute atomic E-state index is 12.7. The van der Waals surface area contributed by atoms with Crippen LogP contribution in [0.2, 0.25) is 0 Å². The first-order valence-corrected chi connectivity index (χ1v) is 7.20. The minimum absolute atomic E-state index is 0.0792. The number of amides is 1. The van der Waals surface area contributed by atoms with E-state index in [9.17, 15) is 9.59 Å². The SMILES string of the molecule is Cc1ccn2ncc(C(=O)N(CCC(=O)O)CC(C)C)c2n1. The Labute approximate surface area is 128 Å². The highest BCUT2D eigenvalue weighted by Gasteiger charge is 2.22. The molecule has 0 saturated carbocycles. The second-order valence-corrected chi connectivity index (χ2v) is 5.68. The van der Waals surface area contributed by atoms with Crippen LogP contribution in [0.15, 0.2) is 18.5 Å². The average Bonchev–Trinajstić information content (AvgIpc) is 2.85. The van der Waals surface area contributed by atoms with E-state index in [1.807, 2.05) is 26.8 Å². The van der Waals surface area contributed by atoms with Crippen LogP contribution in [0.4, 0.5) is 0 Å². The van der Waals surface area contributed by atoms with Crippen LogP contribution < -0.4 is 0 Å². The highest BCUT2D eigenvalue weighted by molar-refractivity contribution is 5.99. The van der Waals surface area contributed by atoms with Gasteiger partial charge in [-0.05, 0) is 18.9 Å². The van der Waals surface area contributed by atoms with Crippen molar-refractivity contribution in [3.05, 3.63) is 29.7 Å². The minimum atomic E-state index is -0.921. The molecule has 0 unspecified atom stereocenters. The molecule has 0 saturated heterocycles. The molecule has 2 aromatic heterocycles. The van der Waals surface area contributed by atoms with Crippen molar-refractivity contribution in [3.63, 3.8) is 0 Å². The lowest BCUT2D eigenvalue weighted by atomic mass is 10.1. The van der Waals surface area contributed by atoms with Gasteiger partial charge in [-0.15, -0.1) is 0 Å². The van der Waals surface area contributed by atoms with Crippen LogP contribution in [0, 0.1) is 12.8 Å². The topological polar surface area (TPSA) is 87.8 Å². The second-order valence-electron chi connectivity index (χ2n) is 5.68. The van der Waals surface area contributed by atoms with E-state index in [1.54, 1.807) is 15.6 Å². The summed E-state index contributed by atoms with van der Waals surface area (Å²) >= 11 is 0. The Morgan fingerprint density at radius 1 is 1.41 bits per heavy atom. The van der Waals surface area contributed by atoms with Gasteiger partial charge in [0.1, 0.15) is 5.56 Å². The molecule has 7 heteroatoms. The summed E-state index contributed by atoms with van der Waals surface area (Å²) in [6, 6.07) is 1.81. The first-order valence-electron chi connectivity index (χ1n) is 7.20. The van der Waals surface area contributed by atoms with E-state index in [4.69, 9.17) is 5.11 Å². The van der Waals surface area contributed by atoms with Gasteiger partial charge in [0.05, 0.1) is 12.6 Å². The van der Waals surface area contributed by atoms with E-state index >= 15 is 0 Å². The van der Waals surface area contributed by atoms with Gasteiger partial charge in [0.2, 0.25) is 0 Å². The third-order valence-electron chi connectivity index (χ3n) is 3.21. The molecule has 0 radical (unpaired) electrons. The van der Waals surface area contributed by atoms with Crippen molar-refractivity contribution in [1.29, 1.82) is 0 Å². The third kappa shape index (κ3) is 3.60. The van der Waals surface area contributed by atoms with E-state index in [1.165, 1.54) is 6.20 Å². The van der Waals surface area contributed by atoms with Crippen LogP contribution in [-0.4, -0.2) is 49.6 Å². The van der Waals surface area contributed by atoms with E-state index in [-0.39, 0.29) is 24.8 Å². The lowest BCUT2D eigenvalue weighted by molar-refractivity contribution is -0.137. The lowest BCUT2D eigenvalue weighted by Crippen LogP contribution is -2.36. The van der Waals surface area contributed by atoms with Crippen molar-refractivity contribution in [1.82, 2.24) is 19.5 Å². The number of carboxylic acids is 1. The van der Waals surface area contributed by atoms with E-state index in [2.05, 4.69) is 10.1 Å². The quantitative estimate of drug-likeness (QED) is 0.876. The summed E-state index contributed by atoms with van der Waals surface area (Å²) in [4.78, 5) is 29.4. The van der Waals surface area contributed by atoms with E-state index in [0.29, 0.717) is 17.8 Å². The molecule has 22 heavy (non-hydrogen) atoms. The van der Waals surface area contributed by atoms with Gasteiger partial charge in [-0.2, -0.15) is 5.10 Å². The maximum atomic E-state index is 12.7. The number of hydrogen-bond donors (Lipinski definition) is 1. The van der Waals surface area contributed by atoms with Crippen LogP contribution in [0.5, 0.6) is 0 Å². The fourth-order valence-electron chi connectivity index (χ4n) is 2.23. The molecule has 0 aliphatic carbocycles. The number of nitrogens with zero attached hydrogens (tertiary/aromatic N) is 4. The molecule has 0 fully saturated rings. The minimum Gasteiger partial charge on any atom is -0.481 e. The Morgan fingerprint density at radius 2 is 2.14 bits per heavy atom. The van der Waals surface area contributed by atoms with Gasteiger partial charge in [-0.1, -0.05) is 13.8 Å². The predicted molar refractivity (Wildman–Crippen MR) is 80.7 cm³/mol. The van der Waals surface area contributed by atoms with Crippen molar-refractivity contribution >= 4 is 17.5 Å². The highest BCUT2D eigenvalue weighted by Crippen LogP contribution is 2.13. The summed E-state index contributed by atoms with van der Waals surface area (Å²) in [6.07, 6.45) is 3.15. The molecular weight excluding hydrogens is 284 g/mol. The molecule has 118 valence electrons. The number of carboxylic acid groups (broad SMARTS) is 1. The zero-order valence-corrected chi connectivity index (χ0v) is 13.0. The molecule has 1 N–H and O–H groups in total. The Bertz CT molecular complexity index is 693. The fraction of sp³-hybridized carbons (Fsp3) is 0.467. The Hall–Kier alpha value is -2.44. The fourth-order valence-corrected chi connectivity index (χ4v) is 2.23. The number of carbonyl (C=O) groups is 2. The molecule has 0 spiro atoms. The van der Waals surface area contributed by atoms with Gasteiger partial charge in [-0.25, -0.2) is 9.50 Å². The summed E-state index contributed by atoms with van der Waals surface area (Å²) in [6.45, 7) is 6.49. The van der Waals surface area contributed by atoms with E-state index in [0.717, 1.165) is 5.69 Å². The van der Waals surface area contributed by atoms with Crippen LogP contribution in [0.1, 0.15) is 36.3 Å². The van der Waals surface area contributed by atoms with Gasteiger partial charge in [0, 0.05) is 25.0 Å². The number of aryl methyl sites for hydroxylation is 1. The summed E-state index contributed by atoms with van der Waals surface area (Å²) in [5, 5.41) is 13.0. The first kappa shape index (κ1) is 15.9. The molecule has 0 bridgehead atoms.